The molecule has 2 rings (SSSR count). The third kappa shape index (κ3) is 10.6. The Kier molecular flexibility index (Phi) is 11.8. The van der Waals surface area contributed by atoms with E-state index >= 15 is 0 Å². The van der Waals surface area contributed by atoms with Gasteiger partial charge in [0.05, 0.1) is 0 Å². The van der Waals surface area contributed by atoms with Crippen LogP contribution in [0.5, 0.6) is 5.75 Å². The molecule has 0 saturated carbocycles. The number of allylic oxidation sites excluding steroid dienone is 6. The Morgan fingerprint density at radius 1 is 0.871 bits per heavy atom. The Hall–Kier alpha value is -2.88. The molecule has 0 radical (unpaired) electrons. The molecule has 0 amide bonds. The number of ether oxygens (including phenoxy) is 1. The number of carbonyl (C=O) groups is 1. The van der Waals surface area contributed by atoms with Gasteiger partial charge in [-0.1, -0.05) is 56.2 Å². The first-order valence-corrected chi connectivity index (χ1v) is 11.4. The quantitative estimate of drug-likeness (QED) is 0.105. The second-order valence-electron chi connectivity index (χ2n) is 7.56. The van der Waals surface area contributed by atoms with Gasteiger partial charge in [0.2, 0.25) is 0 Å². The van der Waals surface area contributed by atoms with E-state index in [-0.39, 0.29) is 5.97 Å². The van der Waals surface area contributed by atoms with Crippen molar-refractivity contribution in [3.8, 4) is 5.75 Å². The van der Waals surface area contributed by atoms with Crippen LogP contribution < -0.4 is 10.4 Å². The molecule has 4 heteroatoms. The van der Waals surface area contributed by atoms with Gasteiger partial charge in [0.1, 0.15) is 11.3 Å². The summed E-state index contributed by atoms with van der Waals surface area (Å²) in [7, 11) is 0. The third-order valence-corrected chi connectivity index (χ3v) is 4.85. The van der Waals surface area contributed by atoms with E-state index in [9.17, 15) is 9.59 Å². The predicted molar refractivity (Wildman–Crippen MR) is 127 cm³/mol. The van der Waals surface area contributed by atoms with Crippen molar-refractivity contribution in [2.24, 2.45) is 0 Å². The standard InChI is InChI=1S/C27H34O4/c1-2-3-4-5-6-7-8-9-10-11-12-13-14-15-16-17-26(28)30-24-20-18-23-19-21-27(29)31-25(23)22-24/h6-7,9-10,12-13,18-22H,2-5,8,11,14-17H2,1H3/b7-6+,10-9+,13-12+. The van der Waals surface area contributed by atoms with Gasteiger partial charge in [-0.3, -0.25) is 4.79 Å². The highest BCUT2D eigenvalue weighted by atomic mass is 16.5. The van der Waals surface area contributed by atoms with Gasteiger partial charge in [-0.25, -0.2) is 4.79 Å². The summed E-state index contributed by atoms with van der Waals surface area (Å²) in [6, 6.07) is 8.10. The van der Waals surface area contributed by atoms with Crippen LogP contribution in [-0.4, -0.2) is 5.97 Å². The van der Waals surface area contributed by atoms with Crippen molar-refractivity contribution in [3.05, 3.63) is 77.2 Å². The third-order valence-electron chi connectivity index (χ3n) is 4.85. The molecule has 0 aliphatic heterocycles. The highest BCUT2D eigenvalue weighted by Gasteiger charge is 2.06. The molecule has 0 bridgehead atoms. The summed E-state index contributed by atoms with van der Waals surface area (Å²) in [6.45, 7) is 2.23. The van der Waals surface area contributed by atoms with Crippen molar-refractivity contribution >= 4 is 16.9 Å². The van der Waals surface area contributed by atoms with E-state index < -0.39 is 5.63 Å². The zero-order valence-electron chi connectivity index (χ0n) is 18.6. The summed E-state index contributed by atoms with van der Waals surface area (Å²) < 4.78 is 10.5. The van der Waals surface area contributed by atoms with Crippen LogP contribution in [0, 0.1) is 0 Å². The summed E-state index contributed by atoms with van der Waals surface area (Å²) >= 11 is 0. The van der Waals surface area contributed by atoms with Crippen molar-refractivity contribution in [1.29, 1.82) is 0 Å². The van der Waals surface area contributed by atoms with Crippen molar-refractivity contribution in [3.63, 3.8) is 0 Å². The van der Waals surface area contributed by atoms with E-state index in [1.165, 1.54) is 31.7 Å². The second kappa shape index (κ2) is 15.0. The van der Waals surface area contributed by atoms with E-state index in [1.54, 1.807) is 24.3 Å². The van der Waals surface area contributed by atoms with Gasteiger partial charge < -0.3 is 9.15 Å². The van der Waals surface area contributed by atoms with Crippen LogP contribution in [0.4, 0.5) is 0 Å². The molecule has 1 aromatic heterocycles. The Morgan fingerprint density at radius 3 is 2.23 bits per heavy atom. The van der Waals surface area contributed by atoms with Crippen molar-refractivity contribution in [2.75, 3.05) is 0 Å². The lowest BCUT2D eigenvalue weighted by Crippen LogP contribution is -2.07. The molecule has 0 fully saturated rings. The molecule has 0 unspecified atom stereocenters. The van der Waals surface area contributed by atoms with Crippen molar-refractivity contribution in [2.45, 2.75) is 71.1 Å². The van der Waals surface area contributed by atoms with E-state index in [4.69, 9.17) is 9.15 Å². The van der Waals surface area contributed by atoms with Gasteiger partial charge in [-0.2, -0.15) is 0 Å². The minimum absolute atomic E-state index is 0.271. The lowest BCUT2D eigenvalue weighted by molar-refractivity contribution is -0.134. The molecule has 31 heavy (non-hydrogen) atoms. The summed E-state index contributed by atoms with van der Waals surface area (Å²) in [6.07, 6.45) is 23.3. The summed E-state index contributed by atoms with van der Waals surface area (Å²) in [5.74, 6) is 0.127. The molecule has 1 aromatic carbocycles. The first kappa shape index (κ1) is 24.4. The van der Waals surface area contributed by atoms with E-state index in [0.29, 0.717) is 17.8 Å². The topological polar surface area (TPSA) is 56.5 Å². The lowest BCUT2D eigenvalue weighted by atomic mass is 10.1. The van der Waals surface area contributed by atoms with Crippen LogP contribution in [0.2, 0.25) is 0 Å². The van der Waals surface area contributed by atoms with E-state index in [1.807, 2.05) is 0 Å². The first-order valence-electron chi connectivity index (χ1n) is 11.4. The average Bonchev–Trinajstić information content (AvgIpc) is 2.76. The monoisotopic (exact) mass is 422 g/mol. The fraction of sp³-hybridized carbons (Fsp3) is 0.407. The number of fused-ring (bicyclic) bond motifs is 1. The van der Waals surface area contributed by atoms with Gasteiger partial charge in [0.15, 0.2) is 0 Å². The fourth-order valence-electron chi connectivity index (χ4n) is 3.11. The first-order chi connectivity index (χ1) is 15.2. The van der Waals surface area contributed by atoms with Crippen LogP contribution in [0.1, 0.15) is 71.1 Å². The number of unbranched alkanes of at least 4 members (excludes halogenated alkanes) is 5. The number of rotatable bonds is 14. The van der Waals surface area contributed by atoms with Gasteiger partial charge in [0, 0.05) is 23.9 Å². The zero-order valence-corrected chi connectivity index (χ0v) is 18.6. The van der Waals surface area contributed by atoms with Crippen LogP contribution in [0.25, 0.3) is 11.0 Å². The Balaban J connectivity index is 1.54. The maximum Gasteiger partial charge on any atom is 0.336 e. The Morgan fingerprint density at radius 2 is 1.52 bits per heavy atom. The second-order valence-corrected chi connectivity index (χ2v) is 7.56. The molecular formula is C27H34O4. The fourth-order valence-corrected chi connectivity index (χ4v) is 3.11. The summed E-state index contributed by atoms with van der Waals surface area (Å²) in [4.78, 5) is 23.3. The lowest BCUT2D eigenvalue weighted by Gasteiger charge is -2.04. The molecule has 0 saturated heterocycles. The van der Waals surface area contributed by atoms with Crippen molar-refractivity contribution in [1.82, 2.24) is 0 Å². The Labute approximate surface area is 185 Å². The molecular weight excluding hydrogens is 388 g/mol. The molecule has 0 N–H and O–H groups in total. The molecule has 0 spiro atoms. The Bertz CT molecular complexity index is 934. The number of hydrogen-bond donors (Lipinski definition) is 0. The smallest absolute Gasteiger partial charge is 0.336 e. The maximum atomic E-state index is 12.0. The summed E-state index contributed by atoms with van der Waals surface area (Å²) in [5.41, 5.74) is -0.00542. The highest BCUT2D eigenvalue weighted by Crippen LogP contribution is 2.20. The van der Waals surface area contributed by atoms with Crippen LogP contribution in [0.15, 0.2) is 76.0 Å². The van der Waals surface area contributed by atoms with Crippen molar-refractivity contribution < 1.29 is 13.9 Å². The van der Waals surface area contributed by atoms with E-state index in [0.717, 1.165) is 37.5 Å². The maximum absolute atomic E-state index is 12.0. The number of carbonyl (C=O) groups excluding carboxylic acids is 1. The van der Waals surface area contributed by atoms with Crippen LogP contribution >= 0.6 is 0 Å². The largest absolute Gasteiger partial charge is 0.426 e. The average molecular weight is 423 g/mol. The van der Waals surface area contributed by atoms with Gasteiger partial charge in [0.25, 0.3) is 0 Å². The molecule has 0 aliphatic rings. The molecule has 166 valence electrons. The molecule has 1 heterocycles. The molecule has 4 nitrogen and oxygen atoms in total. The normalized spacial score (nSPS) is 11.9. The number of esters is 1. The molecule has 0 aliphatic carbocycles. The van der Waals surface area contributed by atoms with Gasteiger partial charge >= 0.3 is 11.6 Å². The minimum Gasteiger partial charge on any atom is -0.426 e. The summed E-state index contributed by atoms with van der Waals surface area (Å²) in [5, 5.41) is 0.792. The zero-order chi connectivity index (χ0) is 22.2. The SMILES string of the molecule is CCCCC/C=C/C/C=C/C/C=C/CCCCC(=O)Oc1ccc2ccc(=O)oc2c1. The van der Waals surface area contributed by atoms with Crippen LogP contribution in [-0.2, 0) is 4.79 Å². The molecule has 0 atom stereocenters. The molecule has 2 aromatic rings. The highest BCUT2D eigenvalue weighted by molar-refractivity contribution is 5.79. The number of benzene rings is 1. The van der Waals surface area contributed by atoms with Crippen LogP contribution in [0.3, 0.4) is 0 Å². The predicted octanol–water partition coefficient (Wildman–Crippen LogP) is 7.29. The van der Waals surface area contributed by atoms with E-state index in [2.05, 4.69) is 43.4 Å². The number of hydrogen-bond acceptors (Lipinski definition) is 4. The minimum atomic E-state index is -0.422. The van der Waals surface area contributed by atoms with Gasteiger partial charge in [-0.15, -0.1) is 0 Å². The van der Waals surface area contributed by atoms with Gasteiger partial charge in [-0.05, 0) is 63.1 Å².